The van der Waals surface area contributed by atoms with Gasteiger partial charge in [-0.3, -0.25) is 10.1 Å². The summed E-state index contributed by atoms with van der Waals surface area (Å²) in [5.74, 6) is -0.422. The van der Waals surface area contributed by atoms with Gasteiger partial charge in [0.15, 0.2) is 5.75 Å². The lowest BCUT2D eigenvalue weighted by Crippen LogP contribution is -2.46. The van der Waals surface area contributed by atoms with Crippen LogP contribution in [0.2, 0.25) is 0 Å². The summed E-state index contributed by atoms with van der Waals surface area (Å²) in [5.41, 5.74) is 0.687. The number of nitro groups is 1. The third-order valence-corrected chi connectivity index (χ3v) is 5.30. The van der Waals surface area contributed by atoms with Gasteiger partial charge in [0, 0.05) is 11.8 Å². The first-order valence-corrected chi connectivity index (χ1v) is 11.7. The number of nitro benzene ring substituents is 1. The molecule has 2 rings (SSSR count). The average Bonchev–Trinajstić information content (AvgIpc) is 2.78. The number of carbonyl (C=O) groups excluding carboxylic acids is 2. The van der Waals surface area contributed by atoms with Crippen LogP contribution in [0, 0.1) is 10.1 Å². The molecule has 0 spiro atoms. The van der Waals surface area contributed by atoms with Crippen LogP contribution in [0.3, 0.4) is 0 Å². The van der Waals surface area contributed by atoms with E-state index in [1.165, 1.54) is 13.2 Å². The maximum atomic E-state index is 13.1. The van der Waals surface area contributed by atoms with Gasteiger partial charge in [-0.2, -0.15) is 0 Å². The zero-order chi connectivity index (χ0) is 25.3. The predicted octanol–water partition coefficient (Wildman–Crippen LogP) is 4.92. The van der Waals surface area contributed by atoms with E-state index in [0.717, 1.165) is 32.1 Å². The van der Waals surface area contributed by atoms with Gasteiger partial charge in [0.05, 0.1) is 36.4 Å². The van der Waals surface area contributed by atoms with Crippen molar-refractivity contribution < 1.29 is 28.7 Å². The van der Waals surface area contributed by atoms with Gasteiger partial charge in [-0.15, -0.1) is 0 Å². The molecule has 1 heterocycles. The minimum absolute atomic E-state index is 0.0223. The molecule has 1 atom stereocenters. The van der Waals surface area contributed by atoms with Crippen molar-refractivity contribution in [3.05, 3.63) is 39.1 Å². The van der Waals surface area contributed by atoms with E-state index >= 15 is 0 Å². The zero-order valence-electron chi connectivity index (χ0n) is 20.6. The van der Waals surface area contributed by atoms with Crippen molar-refractivity contribution in [1.82, 2.24) is 10.6 Å². The molecule has 0 saturated carbocycles. The third-order valence-electron chi connectivity index (χ3n) is 5.30. The van der Waals surface area contributed by atoms with Gasteiger partial charge in [0.1, 0.15) is 0 Å². The Hall–Kier alpha value is -3.30. The number of rotatable bonds is 13. The molecule has 34 heavy (non-hydrogen) atoms. The summed E-state index contributed by atoms with van der Waals surface area (Å²) < 4.78 is 16.6. The summed E-state index contributed by atoms with van der Waals surface area (Å²) in [6.07, 6.45) is 4.34. The van der Waals surface area contributed by atoms with Crippen molar-refractivity contribution in [3.63, 3.8) is 0 Å². The van der Waals surface area contributed by atoms with E-state index in [-0.39, 0.29) is 28.9 Å². The number of hydrogen-bond donors (Lipinski definition) is 2. The number of ether oxygens (including phenoxy) is 3. The Kier molecular flexibility index (Phi) is 10.2. The molecular formula is C24H35N3O7. The standard InChI is InChI=1S/C24H35N3O7/c1-6-8-10-12-33-22-18(27(30)31)13-16(14-19(22)32-5)21-20(23(28)34-15(3)4)17(11-9-7-2)25-24(29)26-21/h13-15,21H,6-12H2,1-5H3,(H2,25,26,29). The topological polar surface area (TPSA) is 129 Å². The van der Waals surface area contributed by atoms with Crippen LogP contribution in [0.15, 0.2) is 23.4 Å². The van der Waals surface area contributed by atoms with Gasteiger partial charge >= 0.3 is 17.7 Å². The lowest BCUT2D eigenvalue weighted by molar-refractivity contribution is -0.386. The quantitative estimate of drug-likeness (QED) is 0.178. The van der Waals surface area contributed by atoms with Crippen molar-refractivity contribution in [1.29, 1.82) is 0 Å². The van der Waals surface area contributed by atoms with Crippen molar-refractivity contribution in [2.45, 2.75) is 78.4 Å². The Morgan fingerprint density at radius 1 is 1.18 bits per heavy atom. The van der Waals surface area contributed by atoms with Gasteiger partial charge in [-0.1, -0.05) is 33.1 Å². The molecule has 1 unspecified atom stereocenters. The fourth-order valence-electron chi connectivity index (χ4n) is 3.67. The molecule has 1 aromatic carbocycles. The molecule has 0 saturated heterocycles. The van der Waals surface area contributed by atoms with Crippen molar-refractivity contribution in [2.75, 3.05) is 13.7 Å². The number of benzene rings is 1. The first kappa shape index (κ1) is 26.9. The summed E-state index contributed by atoms with van der Waals surface area (Å²) in [4.78, 5) is 36.9. The van der Waals surface area contributed by atoms with Crippen molar-refractivity contribution in [2.24, 2.45) is 0 Å². The maximum absolute atomic E-state index is 13.1. The van der Waals surface area contributed by atoms with Gasteiger partial charge in [-0.05, 0) is 44.7 Å². The minimum atomic E-state index is -0.950. The third kappa shape index (κ3) is 6.85. The minimum Gasteiger partial charge on any atom is -0.493 e. The summed E-state index contributed by atoms with van der Waals surface area (Å²) in [6.45, 7) is 7.82. The molecule has 0 fully saturated rings. The van der Waals surface area contributed by atoms with Crippen LogP contribution in [0.4, 0.5) is 10.5 Å². The van der Waals surface area contributed by atoms with Crippen LogP contribution in [0.5, 0.6) is 11.5 Å². The molecule has 188 valence electrons. The fraction of sp³-hybridized carbons (Fsp3) is 0.583. The van der Waals surface area contributed by atoms with E-state index in [4.69, 9.17) is 14.2 Å². The smallest absolute Gasteiger partial charge is 0.338 e. The van der Waals surface area contributed by atoms with Crippen molar-refractivity contribution >= 4 is 17.7 Å². The Bertz CT molecular complexity index is 927. The molecule has 2 N–H and O–H groups in total. The SMILES string of the molecule is CCCCCOc1c(OC)cc(C2NC(=O)NC(CCCC)=C2C(=O)OC(C)C)cc1[N+](=O)[O-]. The lowest BCUT2D eigenvalue weighted by Gasteiger charge is -2.30. The molecule has 0 radical (unpaired) electrons. The molecule has 0 bridgehead atoms. The normalized spacial score (nSPS) is 15.6. The van der Waals surface area contributed by atoms with Gasteiger partial charge in [-0.25, -0.2) is 9.59 Å². The lowest BCUT2D eigenvalue weighted by atomic mass is 9.92. The number of nitrogens with one attached hydrogen (secondary N) is 2. The van der Waals surface area contributed by atoms with E-state index in [1.807, 2.05) is 6.92 Å². The molecule has 1 aromatic rings. The summed E-state index contributed by atoms with van der Waals surface area (Å²) >= 11 is 0. The van der Waals surface area contributed by atoms with E-state index < -0.39 is 23.0 Å². The van der Waals surface area contributed by atoms with Crippen LogP contribution < -0.4 is 20.1 Å². The van der Waals surface area contributed by atoms with Crippen LogP contribution in [0.1, 0.15) is 77.8 Å². The van der Waals surface area contributed by atoms with Crippen LogP contribution in [-0.2, 0) is 9.53 Å². The Morgan fingerprint density at radius 3 is 2.47 bits per heavy atom. The van der Waals surface area contributed by atoms with Crippen LogP contribution in [-0.4, -0.2) is 36.7 Å². The van der Waals surface area contributed by atoms with Gasteiger partial charge in [0.2, 0.25) is 5.75 Å². The van der Waals surface area contributed by atoms with Crippen LogP contribution in [0.25, 0.3) is 0 Å². The molecule has 10 nitrogen and oxygen atoms in total. The molecular weight excluding hydrogens is 442 g/mol. The van der Waals surface area contributed by atoms with E-state index in [0.29, 0.717) is 24.3 Å². The molecule has 1 aliphatic rings. The first-order chi connectivity index (χ1) is 16.2. The monoisotopic (exact) mass is 477 g/mol. The number of unbranched alkanes of at least 4 members (excludes halogenated alkanes) is 3. The summed E-state index contributed by atoms with van der Waals surface area (Å²) in [7, 11) is 1.39. The van der Waals surface area contributed by atoms with Crippen LogP contribution >= 0.6 is 0 Å². The second kappa shape index (κ2) is 12.8. The van der Waals surface area contributed by atoms with Gasteiger partial charge in [0.25, 0.3) is 0 Å². The molecule has 0 aromatic heterocycles. The van der Waals surface area contributed by atoms with E-state index in [9.17, 15) is 19.7 Å². The second-order valence-electron chi connectivity index (χ2n) is 8.37. The number of nitrogens with zero attached hydrogens (tertiary/aromatic N) is 1. The van der Waals surface area contributed by atoms with Gasteiger partial charge < -0.3 is 24.8 Å². The highest BCUT2D eigenvalue weighted by Gasteiger charge is 2.36. The number of esters is 1. The Balaban J connectivity index is 2.60. The fourth-order valence-corrected chi connectivity index (χ4v) is 3.67. The first-order valence-electron chi connectivity index (χ1n) is 11.7. The number of carbonyl (C=O) groups is 2. The Labute approximate surface area is 200 Å². The van der Waals surface area contributed by atoms with E-state index in [2.05, 4.69) is 17.6 Å². The highest BCUT2D eigenvalue weighted by molar-refractivity contribution is 5.95. The number of allylic oxidation sites excluding steroid dienone is 1. The molecule has 0 aliphatic carbocycles. The number of amides is 2. The average molecular weight is 478 g/mol. The molecule has 1 aliphatic heterocycles. The predicted molar refractivity (Wildman–Crippen MR) is 127 cm³/mol. The number of urea groups is 1. The second-order valence-corrected chi connectivity index (χ2v) is 8.37. The maximum Gasteiger partial charge on any atom is 0.338 e. The number of hydrogen-bond acceptors (Lipinski definition) is 7. The Morgan fingerprint density at radius 2 is 1.88 bits per heavy atom. The highest BCUT2D eigenvalue weighted by Crippen LogP contribution is 2.42. The highest BCUT2D eigenvalue weighted by atomic mass is 16.6. The summed E-state index contributed by atoms with van der Waals surface area (Å²) in [5, 5.41) is 17.3. The van der Waals surface area contributed by atoms with E-state index in [1.54, 1.807) is 19.9 Å². The molecule has 2 amide bonds. The number of methoxy groups -OCH3 is 1. The largest absolute Gasteiger partial charge is 0.493 e. The summed E-state index contributed by atoms with van der Waals surface area (Å²) in [6, 6.07) is 1.42. The molecule has 10 heteroatoms. The zero-order valence-corrected chi connectivity index (χ0v) is 20.6. The van der Waals surface area contributed by atoms with Crippen molar-refractivity contribution in [3.8, 4) is 11.5 Å².